The third kappa shape index (κ3) is 3.31. The molecule has 3 aromatic rings. The molecule has 0 spiro atoms. The highest BCUT2D eigenvalue weighted by molar-refractivity contribution is 5.97. The first-order valence-electron chi connectivity index (χ1n) is 9.68. The summed E-state index contributed by atoms with van der Waals surface area (Å²) in [6, 6.07) is 16.8. The third-order valence-electron chi connectivity index (χ3n) is 5.34. The molecule has 1 atom stereocenters. The van der Waals surface area contributed by atoms with E-state index in [1.165, 1.54) is 5.01 Å². The maximum atomic E-state index is 12.9. The number of fused-ring (bicyclic) bond motifs is 1. The molecule has 0 saturated carbocycles. The van der Waals surface area contributed by atoms with Crippen molar-refractivity contribution in [1.29, 1.82) is 0 Å². The quantitative estimate of drug-likeness (QED) is 0.683. The van der Waals surface area contributed by atoms with Crippen molar-refractivity contribution in [3.8, 4) is 5.75 Å². The van der Waals surface area contributed by atoms with Crippen LogP contribution in [-0.4, -0.2) is 28.4 Å². The lowest BCUT2D eigenvalue weighted by Gasteiger charge is -2.21. The van der Waals surface area contributed by atoms with E-state index in [1.807, 2.05) is 62.4 Å². The minimum Gasteiger partial charge on any atom is -0.497 e. The second-order valence-corrected chi connectivity index (χ2v) is 7.12. The largest absolute Gasteiger partial charge is 0.497 e. The fourth-order valence-electron chi connectivity index (χ4n) is 3.82. The molecule has 0 saturated heterocycles. The van der Waals surface area contributed by atoms with Gasteiger partial charge in [0.2, 0.25) is 5.91 Å². The molecule has 4 rings (SSSR count). The Morgan fingerprint density at radius 1 is 1.17 bits per heavy atom. The Kier molecular flexibility index (Phi) is 4.92. The van der Waals surface area contributed by atoms with E-state index in [2.05, 4.69) is 5.10 Å². The molecule has 0 N–H and O–H groups in total. The molecule has 0 aliphatic carbocycles. The smallest absolute Gasteiger partial charge is 0.256 e. The number of hydrogen-bond acceptors (Lipinski definition) is 4. The Hall–Kier alpha value is -3.41. The van der Waals surface area contributed by atoms with Crippen LogP contribution in [0.2, 0.25) is 0 Å². The predicted molar refractivity (Wildman–Crippen MR) is 113 cm³/mol. The van der Waals surface area contributed by atoms with Crippen molar-refractivity contribution in [3.63, 3.8) is 0 Å². The first kappa shape index (κ1) is 18.9. The lowest BCUT2D eigenvalue weighted by molar-refractivity contribution is -0.132. The van der Waals surface area contributed by atoms with Gasteiger partial charge >= 0.3 is 0 Å². The van der Waals surface area contributed by atoms with Crippen molar-refractivity contribution in [1.82, 2.24) is 9.58 Å². The molecule has 0 bridgehead atoms. The second kappa shape index (κ2) is 7.54. The summed E-state index contributed by atoms with van der Waals surface area (Å²) in [5.41, 5.74) is 2.54. The summed E-state index contributed by atoms with van der Waals surface area (Å²) in [6.07, 6.45) is 0.804. The van der Waals surface area contributed by atoms with E-state index >= 15 is 0 Å². The number of ether oxygens (including phenoxy) is 1. The molecule has 1 amide bonds. The Morgan fingerprint density at radius 2 is 1.90 bits per heavy atom. The summed E-state index contributed by atoms with van der Waals surface area (Å²) in [7, 11) is 1.62. The molecule has 0 fully saturated rings. The number of hydrazone groups is 1. The van der Waals surface area contributed by atoms with Gasteiger partial charge in [0.15, 0.2) is 0 Å². The van der Waals surface area contributed by atoms with E-state index in [9.17, 15) is 9.59 Å². The van der Waals surface area contributed by atoms with Crippen LogP contribution in [0.5, 0.6) is 5.75 Å². The number of aryl methyl sites for hydroxylation is 1. The minimum atomic E-state index is -0.254. The first-order chi connectivity index (χ1) is 14.0. The Morgan fingerprint density at radius 3 is 2.59 bits per heavy atom. The Bertz CT molecular complexity index is 1160. The van der Waals surface area contributed by atoms with Crippen LogP contribution in [0, 0.1) is 6.92 Å². The molecular weight excluding hydrogens is 366 g/mol. The zero-order chi connectivity index (χ0) is 20.5. The van der Waals surface area contributed by atoms with Crippen LogP contribution < -0.4 is 10.3 Å². The number of para-hydroxylation sites is 1. The molecule has 6 nitrogen and oxygen atoms in total. The van der Waals surface area contributed by atoms with Crippen LogP contribution in [0.4, 0.5) is 0 Å². The highest BCUT2D eigenvalue weighted by atomic mass is 16.5. The van der Waals surface area contributed by atoms with E-state index < -0.39 is 0 Å². The van der Waals surface area contributed by atoms with Crippen LogP contribution >= 0.6 is 0 Å². The summed E-state index contributed by atoms with van der Waals surface area (Å²) in [4.78, 5) is 25.5. The van der Waals surface area contributed by atoms with E-state index in [-0.39, 0.29) is 17.5 Å². The summed E-state index contributed by atoms with van der Waals surface area (Å²) in [6.45, 7) is 3.74. The second-order valence-electron chi connectivity index (χ2n) is 7.12. The lowest BCUT2D eigenvalue weighted by Crippen LogP contribution is -2.26. The fourth-order valence-corrected chi connectivity index (χ4v) is 3.82. The third-order valence-corrected chi connectivity index (χ3v) is 5.34. The number of rotatable bonds is 3. The lowest BCUT2D eigenvalue weighted by atomic mass is 10.0. The van der Waals surface area contributed by atoms with Gasteiger partial charge in [-0.3, -0.25) is 14.2 Å². The molecule has 1 unspecified atom stereocenters. The van der Waals surface area contributed by atoms with E-state index in [0.717, 1.165) is 27.8 Å². The highest BCUT2D eigenvalue weighted by Gasteiger charge is 2.33. The highest BCUT2D eigenvalue weighted by Crippen LogP contribution is 2.33. The molecule has 6 heteroatoms. The van der Waals surface area contributed by atoms with Crippen molar-refractivity contribution in [2.24, 2.45) is 5.10 Å². The molecule has 1 aromatic heterocycles. The SMILES string of the molecule is CCC(=O)N1N=C(n2c(=O)cc(C)c3ccccc32)CC1c1ccc(OC)cc1. The number of aromatic nitrogens is 1. The van der Waals surface area contributed by atoms with Crippen molar-refractivity contribution < 1.29 is 9.53 Å². The van der Waals surface area contributed by atoms with Gasteiger partial charge in [0, 0.05) is 24.3 Å². The van der Waals surface area contributed by atoms with Gasteiger partial charge in [0.25, 0.3) is 5.56 Å². The summed E-state index contributed by atoms with van der Waals surface area (Å²) >= 11 is 0. The number of amides is 1. The van der Waals surface area contributed by atoms with Gasteiger partial charge in [-0.05, 0) is 36.2 Å². The van der Waals surface area contributed by atoms with Crippen LogP contribution in [0.1, 0.15) is 36.9 Å². The van der Waals surface area contributed by atoms with E-state index in [1.54, 1.807) is 17.7 Å². The molecule has 148 valence electrons. The molecular formula is C23H23N3O3. The van der Waals surface area contributed by atoms with Crippen molar-refractivity contribution >= 4 is 22.6 Å². The summed E-state index contributed by atoms with van der Waals surface area (Å²) in [5, 5.41) is 7.11. The normalized spacial score (nSPS) is 16.2. The van der Waals surface area contributed by atoms with Crippen molar-refractivity contribution in [2.45, 2.75) is 32.7 Å². The number of hydrogen-bond donors (Lipinski definition) is 0. The van der Waals surface area contributed by atoms with Gasteiger partial charge in [-0.25, -0.2) is 5.01 Å². The molecule has 29 heavy (non-hydrogen) atoms. The molecule has 2 aromatic carbocycles. The number of methoxy groups -OCH3 is 1. The monoisotopic (exact) mass is 389 g/mol. The first-order valence-corrected chi connectivity index (χ1v) is 9.68. The fraction of sp³-hybridized carbons (Fsp3) is 0.261. The molecule has 1 aliphatic rings. The Labute approximate surface area is 169 Å². The zero-order valence-electron chi connectivity index (χ0n) is 16.8. The molecule has 0 radical (unpaired) electrons. The van der Waals surface area contributed by atoms with Crippen molar-refractivity contribution in [2.75, 3.05) is 7.11 Å². The zero-order valence-corrected chi connectivity index (χ0v) is 16.8. The number of carbonyl (C=O) groups excluding carboxylic acids is 1. The van der Waals surface area contributed by atoms with Crippen LogP contribution in [0.25, 0.3) is 10.9 Å². The summed E-state index contributed by atoms with van der Waals surface area (Å²) in [5.74, 6) is 1.25. The number of benzene rings is 2. The maximum absolute atomic E-state index is 12.9. The van der Waals surface area contributed by atoms with Gasteiger partial charge in [-0.1, -0.05) is 37.3 Å². The Balaban J connectivity index is 1.82. The maximum Gasteiger partial charge on any atom is 0.256 e. The number of carbonyl (C=O) groups is 1. The topological polar surface area (TPSA) is 63.9 Å². The number of nitrogens with zero attached hydrogens (tertiary/aromatic N) is 3. The van der Waals surface area contributed by atoms with Crippen LogP contribution in [-0.2, 0) is 4.79 Å². The summed E-state index contributed by atoms with van der Waals surface area (Å²) < 4.78 is 6.87. The van der Waals surface area contributed by atoms with E-state index in [4.69, 9.17) is 4.74 Å². The number of pyridine rings is 1. The predicted octanol–water partition coefficient (Wildman–Crippen LogP) is 3.86. The minimum absolute atomic E-state index is 0.0784. The van der Waals surface area contributed by atoms with E-state index in [0.29, 0.717) is 18.7 Å². The standard InChI is InChI=1S/C23H23N3O3/c1-4-22(27)26-20(16-9-11-17(29-3)12-10-16)14-21(24-26)25-19-8-6-5-7-18(19)15(2)13-23(25)28/h5-13,20H,4,14H2,1-3H3. The average molecular weight is 389 g/mol. The van der Waals surface area contributed by atoms with Crippen LogP contribution in [0.15, 0.2) is 64.5 Å². The van der Waals surface area contributed by atoms with Crippen molar-refractivity contribution in [3.05, 3.63) is 76.1 Å². The van der Waals surface area contributed by atoms with Gasteiger partial charge in [0.05, 0.1) is 18.7 Å². The van der Waals surface area contributed by atoms with Gasteiger partial charge in [-0.2, -0.15) is 5.10 Å². The average Bonchev–Trinajstić information content (AvgIpc) is 3.18. The molecule has 2 heterocycles. The van der Waals surface area contributed by atoms with Gasteiger partial charge < -0.3 is 4.74 Å². The molecule has 1 aliphatic heterocycles. The van der Waals surface area contributed by atoms with Gasteiger partial charge in [0.1, 0.15) is 11.6 Å². The van der Waals surface area contributed by atoms with Crippen LogP contribution in [0.3, 0.4) is 0 Å². The van der Waals surface area contributed by atoms with Gasteiger partial charge in [-0.15, -0.1) is 0 Å².